The molecule has 1 fully saturated rings. The lowest BCUT2D eigenvalue weighted by Gasteiger charge is -2.13. The van der Waals surface area contributed by atoms with Crippen LogP contribution in [0.3, 0.4) is 0 Å². The van der Waals surface area contributed by atoms with Gasteiger partial charge in [0.1, 0.15) is 0 Å². The number of methoxy groups -OCH3 is 1. The number of nitrogens with one attached hydrogen (secondary N) is 1. The molecule has 1 aliphatic carbocycles. The zero-order chi connectivity index (χ0) is 12.8. The van der Waals surface area contributed by atoms with Crippen LogP contribution in [0.4, 0.5) is 5.69 Å². The van der Waals surface area contributed by atoms with Gasteiger partial charge < -0.3 is 10.1 Å². The largest absolute Gasteiger partial charge is 0.469 e. The standard InChI is InChI=1S/C15H21NO2/c1-18-15(17)11-8-12-6-9-14(10-7-12)16-13-4-2-3-5-13/h6-7,9-10,13,16H,2-5,8,11H2,1H3. The smallest absolute Gasteiger partial charge is 0.305 e. The summed E-state index contributed by atoms with van der Waals surface area (Å²) in [6, 6.07) is 9.02. The van der Waals surface area contributed by atoms with Crippen LogP contribution in [0.1, 0.15) is 37.7 Å². The number of anilines is 1. The molecule has 2 rings (SSSR count). The molecule has 3 nitrogen and oxygen atoms in total. The summed E-state index contributed by atoms with van der Waals surface area (Å²) in [5.74, 6) is -0.150. The Balaban J connectivity index is 1.82. The van der Waals surface area contributed by atoms with Gasteiger partial charge in [-0.2, -0.15) is 0 Å². The Morgan fingerprint density at radius 1 is 1.28 bits per heavy atom. The number of ether oxygens (including phenoxy) is 1. The first-order chi connectivity index (χ1) is 8.78. The lowest BCUT2D eigenvalue weighted by Crippen LogP contribution is -2.14. The highest BCUT2D eigenvalue weighted by Crippen LogP contribution is 2.22. The average Bonchev–Trinajstić information content (AvgIpc) is 2.90. The van der Waals surface area contributed by atoms with Crippen LogP contribution in [0.15, 0.2) is 24.3 Å². The Bertz CT molecular complexity index is 380. The van der Waals surface area contributed by atoms with Gasteiger partial charge >= 0.3 is 5.97 Å². The monoisotopic (exact) mass is 247 g/mol. The molecule has 0 aromatic heterocycles. The van der Waals surface area contributed by atoms with Crippen LogP contribution in [-0.4, -0.2) is 19.1 Å². The van der Waals surface area contributed by atoms with E-state index in [1.165, 1.54) is 44.0 Å². The molecule has 0 unspecified atom stereocenters. The fourth-order valence-corrected chi connectivity index (χ4v) is 2.42. The van der Waals surface area contributed by atoms with E-state index in [4.69, 9.17) is 0 Å². The second kappa shape index (κ2) is 6.43. The molecule has 98 valence electrons. The molecule has 0 aliphatic heterocycles. The van der Waals surface area contributed by atoms with Crippen molar-refractivity contribution in [3.63, 3.8) is 0 Å². The molecule has 1 aromatic rings. The van der Waals surface area contributed by atoms with Crippen molar-refractivity contribution in [3.05, 3.63) is 29.8 Å². The first-order valence-corrected chi connectivity index (χ1v) is 6.70. The van der Waals surface area contributed by atoms with E-state index >= 15 is 0 Å². The quantitative estimate of drug-likeness (QED) is 0.812. The lowest BCUT2D eigenvalue weighted by atomic mass is 10.1. The first kappa shape index (κ1) is 12.9. The molecule has 0 saturated heterocycles. The van der Waals surface area contributed by atoms with Crippen molar-refractivity contribution < 1.29 is 9.53 Å². The Kier molecular flexibility index (Phi) is 4.62. The molecule has 1 aliphatic rings. The Morgan fingerprint density at radius 3 is 2.56 bits per heavy atom. The molecule has 0 heterocycles. The van der Waals surface area contributed by atoms with E-state index in [0.717, 1.165) is 6.42 Å². The Labute approximate surface area is 109 Å². The number of hydrogen-bond acceptors (Lipinski definition) is 3. The second-order valence-corrected chi connectivity index (χ2v) is 4.90. The number of carbonyl (C=O) groups is 1. The van der Waals surface area contributed by atoms with Crippen molar-refractivity contribution >= 4 is 11.7 Å². The maximum Gasteiger partial charge on any atom is 0.305 e. The average molecular weight is 247 g/mol. The molecule has 3 heteroatoms. The van der Waals surface area contributed by atoms with E-state index in [1.54, 1.807) is 0 Å². The molecular weight excluding hydrogens is 226 g/mol. The van der Waals surface area contributed by atoms with E-state index in [9.17, 15) is 4.79 Å². The third-order valence-corrected chi connectivity index (χ3v) is 3.53. The summed E-state index contributed by atoms with van der Waals surface area (Å²) in [6.07, 6.45) is 6.44. The maximum absolute atomic E-state index is 11.0. The van der Waals surface area contributed by atoms with Gasteiger partial charge in [0.15, 0.2) is 0 Å². The Hall–Kier alpha value is -1.51. The maximum atomic E-state index is 11.0. The molecule has 1 aromatic carbocycles. The third kappa shape index (κ3) is 3.76. The normalized spacial score (nSPS) is 15.6. The molecule has 0 amide bonds. The van der Waals surface area contributed by atoms with Crippen LogP contribution < -0.4 is 5.32 Å². The van der Waals surface area contributed by atoms with Gasteiger partial charge in [0.2, 0.25) is 0 Å². The minimum atomic E-state index is -0.150. The van der Waals surface area contributed by atoms with Crippen molar-refractivity contribution in [1.82, 2.24) is 0 Å². The van der Waals surface area contributed by atoms with Gasteiger partial charge in [0.05, 0.1) is 7.11 Å². The summed E-state index contributed by atoms with van der Waals surface area (Å²) in [4.78, 5) is 11.0. The van der Waals surface area contributed by atoms with E-state index in [1.807, 2.05) is 0 Å². The van der Waals surface area contributed by atoms with Gasteiger partial charge in [0, 0.05) is 18.2 Å². The van der Waals surface area contributed by atoms with Crippen LogP contribution in [0.25, 0.3) is 0 Å². The summed E-state index contributed by atoms with van der Waals surface area (Å²) >= 11 is 0. The van der Waals surface area contributed by atoms with Crippen LogP contribution in [0.5, 0.6) is 0 Å². The molecular formula is C15H21NO2. The lowest BCUT2D eigenvalue weighted by molar-refractivity contribution is -0.140. The summed E-state index contributed by atoms with van der Waals surface area (Å²) in [7, 11) is 1.43. The molecule has 0 atom stereocenters. The molecule has 18 heavy (non-hydrogen) atoms. The van der Waals surface area contributed by atoms with Crippen molar-refractivity contribution in [1.29, 1.82) is 0 Å². The van der Waals surface area contributed by atoms with Gasteiger partial charge in [-0.3, -0.25) is 4.79 Å². The predicted octanol–water partition coefficient (Wildman–Crippen LogP) is 3.15. The summed E-state index contributed by atoms with van der Waals surface area (Å²) in [5, 5.41) is 3.55. The fraction of sp³-hybridized carbons (Fsp3) is 0.533. The van der Waals surface area contributed by atoms with Crippen molar-refractivity contribution in [2.75, 3.05) is 12.4 Å². The number of aryl methyl sites for hydroxylation is 1. The van der Waals surface area contributed by atoms with Crippen molar-refractivity contribution in [2.45, 2.75) is 44.6 Å². The van der Waals surface area contributed by atoms with Crippen LogP contribution in [0.2, 0.25) is 0 Å². The van der Waals surface area contributed by atoms with E-state index in [2.05, 4.69) is 34.3 Å². The number of benzene rings is 1. The molecule has 0 radical (unpaired) electrons. The van der Waals surface area contributed by atoms with E-state index < -0.39 is 0 Å². The minimum absolute atomic E-state index is 0.150. The third-order valence-electron chi connectivity index (χ3n) is 3.53. The molecule has 1 N–H and O–H groups in total. The second-order valence-electron chi connectivity index (χ2n) is 4.90. The van der Waals surface area contributed by atoms with E-state index in [0.29, 0.717) is 12.5 Å². The van der Waals surface area contributed by atoms with Crippen LogP contribution in [-0.2, 0) is 16.0 Å². The highest BCUT2D eigenvalue weighted by molar-refractivity contribution is 5.69. The highest BCUT2D eigenvalue weighted by Gasteiger charge is 2.14. The summed E-state index contributed by atoms with van der Waals surface area (Å²) < 4.78 is 4.63. The van der Waals surface area contributed by atoms with Gasteiger partial charge in [-0.05, 0) is 37.0 Å². The van der Waals surface area contributed by atoms with Gasteiger partial charge in [-0.15, -0.1) is 0 Å². The fourth-order valence-electron chi connectivity index (χ4n) is 2.42. The van der Waals surface area contributed by atoms with Crippen molar-refractivity contribution in [2.24, 2.45) is 0 Å². The van der Waals surface area contributed by atoms with Gasteiger partial charge in [0.25, 0.3) is 0 Å². The van der Waals surface area contributed by atoms with E-state index in [-0.39, 0.29) is 5.97 Å². The zero-order valence-electron chi connectivity index (χ0n) is 10.9. The topological polar surface area (TPSA) is 38.3 Å². The minimum Gasteiger partial charge on any atom is -0.469 e. The van der Waals surface area contributed by atoms with Gasteiger partial charge in [-0.1, -0.05) is 25.0 Å². The predicted molar refractivity (Wildman–Crippen MR) is 72.7 cm³/mol. The molecule has 1 saturated carbocycles. The number of carbonyl (C=O) groups excluding carboxylic acids is 1. The van der Waals surface area contributed by atoms with Crippen LogP contribution in [0, 0.1) is 0 Å². The van der Waals surface area contributed by atoms with Gasteiger partial charge in [-0.25, -0.2) is 0 Å². The van der Waals surface area contributed by atoms with Crippen molar-refractivity contribution in [3.8, 4) is 0 Å². The highest BCUT2D eigenvalue weighted by atomic mass is 16.5. The molecule has 0 spiro atoms. The summed E-state index contributed by atoms with van der Waals surface area (Å²) in [6.45, 7) is 0. The zero-order valence-corrected chi connectivity index (χ0v) is 10.9. The van der Waals surface area contributed by atoms with Crippen LogP contribution >= 0.6 is 0 Å². The first-order valence-electron chi connectivity index (χ1n) is 6.70. The SMILES string of the molecule is COC(=O)CCc1ccc(NC2CCCC2)cc1. The molecule has 0 bridgehead atoms. The Morgan fingerprint density at radius 2 is 1.94 bits per heavy atom. The number of esters is 1. The number of rotatable bonds is 5. The summed E-state index contributed by atoms with van der Waals surface area (Å²) in [5.41, 5.74) is 2.36. The number of hydrogen-bond donors (Lipinski definition) is 1.